The van der Waals surface area contributed by atoms with Crippen molar-refractivity contribution in [2.45, 2.75) is 37.7 Å². The predicted molar refractivity (Wildman–Crippen MR) is 89.0 cm³/mol. The fourth-order valence-electron chi connectivity index (χ4n) is 3.66. The van der Waals surface area contributed by atoms with Crippen LogP contribution in [0.1, 0.15) is 37.2 Å². The molecule has 122 valence electrons. The summed E-state index contributed by atoms with van der Waals surface area (Å²) >= 11 is 0. The molecular formula is C18H28N2O2. The lowest BCUT2D eigenvalue weighted by Gasteiger charge is -2.32. The van der Waals surface area contributed by atoms with Crippen LogP contribution in [-0.2, 0) is 0 Å². The molecular weight excluding hydrogens is 276 g/mol. The fourth-order valence-corrected chi connectivity index (χ4v) is 3.66. The molecule has 4 nitrogen and oxygen atoms in total. The number of methoxy groups -OCH3 is 1. The summed E-state index contributed by atoms with van der Waals surface area (Å²) < 4.78 is 12.0. The molecule has 1 atom stereocenters. The molecule has 1 unspecified atom stereocenters. The lowest BCUT2D eigenvalue weighted by Crippen LogP contribution is -2.39. The molecule has 2 saturated heterocycles. The molecule has 2 aliphatic heterocycles. The Morgan fingerprint density at radius 2 is 2.00 bits per heavy atom. The van der Waals surface area contributed by atoms with E-state index in [0.717, 1.165) is 37.6 Å². The minimum absolute atomic E-state index is 0.274. The summed E-state index contributed by atoms with van der Waals surface area (Å²) in [6, 6.07) is 6.34. The maximum atomic E-state index is 6.45. The summed E-state index contributed by atoms with van der Waals surface area (Å²) in [5, 5.41) is 3.44. The fraction of sp³-hybridized carbons (Fsp3) is 0.667. The Bertz CT molecular complexity index is 486. The topological polar surface area (TPSA) is 33.7 Å². The number of para-hydroxylation sites is 1. The summed E-state index contributed by atoms with van der Waals surface area (Å²) in [7, 11) is 3.91. The van der Waals surface area contributed by atoms with E-state index in [9.17, 15) is 0 Å². The highest BCUT2D eigenvalue weighted by Crippen LogP contribution is 2.40. The van der Waals surface area contributed by atoms with Gasteiger partial charge < -0.3 is 19.7 Å². The lowest BCUT2D eigenvalue weighted by atomic mass is 9.89. The smallest absolute Gasteiger partial charge is 0.165 e. The largest absolute Gasteiger partial charge is 0.493 e. The van der Waals surface area contributed by atoms with Crippen LogP contribution in [0.2, 0.25) is 0 Å². The van der Waals surface area contributed by atoms with Crippen molar-refractivity contribution in [3.05, 3.63) is 23.8 Å². The van der Waals surface area contributed by atoms with Gasteiger partial charge in [0.25, 0.3) is 0 Å². The molecule has 0 aromatic heterocycles. The Morgan fingerprint density at radius 3 is 2.73 bits per heavy atom. The molecule has 0 aliphatic carbocycles. The number of hydrogen-bond donors (Lipinski definition) is 1. The Hall–Kier alpha value is -1.26. The second-order valence-corrected chi connectivity index (χ2v) is 6.55. The number of likely N-dealkylation sites (tertiary alicyclic amines) is 1. The maximum Gasteiger partial charge on any atom is 0.165 e. The van der Waals surface area contributed by atoms with Gasteiger partial charge in [-0.3, -0.25) is 0 Å². The first-order chi connectivity index (χ1) is 10.8. The second-order valence-electron chi connectivity index (χ2n) is 6.55. The molecule has 0 spiro atoms. The van der Waals surface area contributed by atoms with Crippen molar-refractivity contribution in [1.82, 2.24) is 10.2 Å². The van der Waals surface area contributed by atoms with E-state index in [4.69, 9.17) is 9.47 Å². The van der Waals surface area contributed by atoms with E-state index >= 15 is 0 Å². The number of benzene rings is 1. The minimum Gasteiger partial charge on any atom is -0.493 e. The maximum absolute atomic E-state index is 6.45. The molecule has 0 radical (unpaired) electrons. The van der Waals surface area contributed by atoms with Gasteiger partial charge in [0, 0.05) is 12.1 Å². The van der Waals surface area contributed by atoms with Gasteiger partial charge in [0.15, 0.2) is 11.5 Å². The number of ether oxygens (including phenoxy) is 2. The van der Waals surface area contributed by atoms with Crippen molar-refractivity contribution in [3.8, 4) is 11.5 Å². The first-order valence-electron chi connectivity index (χ1n) is 8.50. The van der Waals surface area contributed by atoms with Crippen LogP contribution >= 0.6 is 0 Å². The monoisotopic (exact) mass is 304 g/mol. The zero-order chi connectivity index (χ0) is 15.4. The molecule has 3 rings (SSSR count). The quantitative estimate of drug-likeness (QED) is 0.927. The van der Waals surface area contributed by atoms with E-state index in [1.807, 2.05) is 6.07 Å². The van der Waals surface area contributed by atoms with Crippen LogP contribution in [0.15, 0.2) is 18.2 Å². The van der Waals surface area contributed by atoms with Crippen molar-refractivity contribution < 1.29 is 9.47 Å². The van der Waals surface area contributed by atoms with Gasteiger partial charge in [-0.2, -0.15) is 0 Å². The molecule has 0 saturated carbocycles. The van der Waals surface area contributed by atoms with Crippen molar-refractivity contribution in [1.29, 1.82) is 0 Å². The van der Waals surface area contributed by atoms with Crippen LogP contribution in [-0.4, -0.2) is 51.3 Å². The summed E-state index contributed by atoms with van der Waals surface area (Å²) in [5.41, 5.74) is 1.33. The minimum atomic E-state index is 0.274. The number of likely N-dealkylation sites (N-methyl/N-ethyl adjacent to an activating group) is 1. The van der Waals surface area contributed by atoms with E-state index in [1.54, 1.807) is 7.11 Å². The third-order valence-corrected chi connectivity index (χ3v) is 4.87. The van der Waals surface area contributed by atoms with E-state index in [1.165, 1.54) is 31.4 Å². The molecule has 0 amide bonds. The molecule has 2 fully saturated rings. The van der Waals surface area contributed by atoms with Crippen LogP contribution in [0.4, 0.5) is 0 Å². The molecule has 1 aromatic carbocycles. The molecule has 1 N–H and O–H groups in total. The van der Waals surface area contributed by atoms with Gasteiger partial charge in [-0.05, 0) is 64.3 Å². The molecule has 0 bridgehead atoms. The normalized spacial score (nSPS) is 24.2. The third-order valence-electron chi connectivity index (χ3n) is 4.87. The lowest BCUT2D eigenvalue weighted by molar-refractivity contribution is 0.0996. The molecule has 4 heteroatoms. The average molecular weight is 304 g/mol. The Balaban J connectivity index is 1.83. The van der Waals surface area contributed by atoms with Gasteiger partial charge in [0.2, 0.25) is 0 Å². The molecule has 1 aromatic rings. The van der Waals surface area contributed by atoms with Gasteiger partial charge in [-0.25, -0.2) is 0 Å². The molecule has 2 aliphatic rings. The van der Waals surface area contributed by atoms with Gasteiger partial charge in [0.1, 0.15) is 6.10 Å². The second kappa shape index (κ2) is 7.34. The third kappa shape index (κ3) is 3.55. The Kier molecular flexibility index (Phi) is 5.21. The Labute approximate surface area is 133 Å². The predicted octanol–water partition coefficient (Wildman–Crippen LogP) is 2.64. The zero-order valence-electron chi connectivity index (χ0n) is 13.8. The van der Waals surface area contributed by atoms with E-state index < -0.39 is 0 Å². The van der Waals surface area contributed by atoms with Crippen LogP contribution in [0.5, 0.6) is 11.5 Å². The highest BCUT2D eigenvalue weighted by molar-refractivity contribution is 5.48. The van der Waals surface area contributed by atoms with Crippen LogP contribution in [0, 0.1) is 0 Å². The van der Waals surface area contributed by atoms with Gasteiger partial charge in [-0.1, -0.05) is 12.1 Å². The van der Waals surface area contributed by atoms with Gasteiger partial charge in [-0.15, -0.1) is 0 Å². The van der Waals surface area contributed by atoms with Crippen molar-refractivity contribution in [2.24, 2.45) is 0 Å². The van der Waals surface area contributed by atoms with Crippen molar-refractivity contribution in [2.75, 3.05) is 40.3 Å². The van der Waals surface area contributed by atoms with Crippen molar-refractivity contribution >= 4 is 0 Å². The average Bonchev–Trinajstić information content (AvgIpc) is 2.56. The Morgan fingerprint density at radius 1 is 1.18 bits per heavy atom. The molecule has 22 heavy (non-hydrogen) atoms. The van der Waals surface area contributed by atoms with Crippen LogP contribution < -0.4 is 14.8 Å². The summed E-state index contributed by atoms with van der Waals surface area (Å²) in [6.07, 6.45) is 4.96. The highest BCUT2D eigenvalue weighted by Gasteiger charge is 2.25. The number of rotatable bonds is 4. The summed E-state index contributed by atoms with van der Waals surface area (Å²) in [6.45, 7) is 4.36. The number of nitrogens with one attached hydrogen (secondary N) is 1. The van der Waals surface area contributed by atoms with Crippen LogP contribution in [0.25, 0.3) is 0 Å². The number of hydrogen-bond acceptors (Lipinski definition) is 4. The summed E-state index contributed by atoms with van der Waals surface area (Å²) in [5.74, 6) is 2.44. The first kappa shape index (κ1) is 15.6. The van der Waals surface area contributed by atoms with Gasteiger partial charge in [0.05, 0.1) is 7.11 Å². The SMILES string of the molecule is COc1cccc(C2CCNCC2)c1OC1CCCN(C)C1. The van der Waals surface area contributed by atoms with E-state index in [2.05, 4.69) is 29.4 Å². The number of nitrogens with zero attached hydrogens (tertiary/aromatic N) is 1. The standard InChI is InChI=1S/C18H28N2O2/c1-20-12-4-5-15(13-20)22-18-16(6-3-7-17(18)21-2)14-8-10-19-11-9-14/h3,6-7,14-15,19H,4-5,8-13H2,1-2H3. The molecule has 2 heterocycles. The highest BCUT2D eigenvalue weighted by atomic mass is 16.5. The first-order valence-corrected chi connectivity index (χ1v) is 8.50. The van der Waals surface area contributed by atoms with E-state index in [-0.39, 0.29) is 6.10 Å². The summed E-state index contributed by atoms with van der Waals surface area (Å²) in [4.78, 5) is 2.35. The van der Waals surface area contributed by atoms with Crippen LogP contribution in [0.3, 0.4) is 0 Å². The van der Waals surface area contributed by atoms with Gasteiger partial charge >= 0.3 is 0 Å². The zero-order valence-corrected chi connectivity index (χ0v) is 13.8. The number of piperidine rings is 2. The van der Waals surface area contributed by atoms with Crippen molar-refractivity contribution in [3.63, 3.8) is 0 Å². The van der Waals surface area contributed by atoms with E-state index in [0.29, 0.717) is 5.92 Å².